The highest BCUT2D eigenvalue weighted by atomic mass is 16.3. The lowest BCUT2D eigenvalue weighted by atomic mass is 9.85. The summed E-state index contributed by atoms with van der Waals surface area (Å²) in [5, 5.41) is 15.6. The van der Waals surface area contributed by atoms with E-state index in [4.69, 9.17) is 4.42 Å². The Balaban J connectivity index is 0.832. The Hall–Kier alpha value is -10.5. The van der Waals surface area contributed by atoms with E-state index in [1.807, 2.05) is 6.08 Å². The maximum atomic E-state index is 6.86. The van der Waals surface area contributed by atoms with Gasteiger partial charge in [0, 0.05) is 43.9 Å². The van der Waals surface area contributed by atoms with Gasteiger partial charge in [-0.3, -0.25) is 0 Å². The Kier molecular flexibility index (Phi) is 10.3. The monoisotopic (exact) mass is 1020 g/mol. The second-order valence-electron chi connectivity index (χ2n) is 21.1. The lowest BCUT2D eigenvalue weighted by molar-refractivity contribution is 0.603. The normalized spacial score (nSPS) is 12.2. The number of rotatable bonds is 8. The van der Waals surface area contributed by atoms with Gasteiger partial charge in [0.2, 0.25) is 0 Å². The zero-order valence-electron chi connectivity index (χ0n) is 44.0. The van der Waals surface area contributed by atoms with Gasteiger partial charge >= 0.3 is 0 Å². The third-order valence-electron chi connectivity index (χ3n) is 16.8. The summed E-state index contributed by atoms with van der Waals surface area (Å²) >= 11 is 0. The molecule has 0 spiro atoms. The van der Waals surface area contributed by atoms with E-state index in [2.05, 4.69) is 290 Å². The molecule has 0 aliphatic rings. The second-order valence-corrected chi connectivity index (χ2v) is 21.1. The molecule has 0 saturated heterocycles. The summed E-state index contributed by atoms with van der Waals surface area (Å²) in [4.78, 5) is 0. The molecular formula is C77H50N2O. The van der Waals surface area contributed by atoms with Gasteiger partial charge in [-0.2, -0.15) is 0 Å². The van der Waals surface area contributed by atoms with E-state index in [1.165, 1.54) is 120 Å². The Bertz CT molecular complexity index is 5150. The highest BCUT2D eigenvalue weighted by Gasteiger charge is 2.23. The van der Waals surface area contributed by atoms with Crippen LogP contribution in [0.5, 0.6) is 0 Å². The van der Waals surface area contributed by atoms with Crippen LogP contribution in [0.25, 0.3) is 160 Å². The SMILES string of the molecule is C=Cc1oc2cc(-c3c4ccccc4c(-c4ccc5c(c4)c4ccccc4n5-c4ccccc4)c4ccccc34)ccc2c1/C=C(\C)c1c2ccccc2c(-c2ccc3c(c2)c2ccccc2n3-c2ccccc2)c2ccccc12. The molecule has 3 heteroatoms. The highest BCUT2D eigenvalue weighted by Crippen LogP contribution is 2.48. The molecule has 0 aliphatic heterocycles. The molecule has 0 bridgehead atoms. The van der Waals surface area contributed by atoms with Gasteiger partial charge in [-0.15, -0.1) is 0 Å². The van der Waals surface area contributed by atoms with E-state index in [0.29, 0.717) is 0 Å². The summed E-state index contributed by atoms with van der Waals surface area (Å²) in [6.07, 6.45) is 4.17. The van der Waals surface area contributed by atoms with Crippen LogP contribution in [0.3, 0.4) is 0 Å². The van der Waals surface area contributed by atoms with Gasteiger partial charge in [-0.1, -0.05) is 195 Å². The van der Waals surface area contributed by atoms with Crippen molar-refractivity contribution in [1.82, 2.24) is 9.13 Å². The number of aromatic nitrogens is 2. The molecule has 0 fully saturated rings. The van der Waals surface area contributed by atoms with Crippen molar-refractivity contribution in [3.63, 3.8) is 0 Å². The number of allylic oxidation sites excluding steroid dienone is 1. The van der Waals surface area contributed by atoms with Crippen LogP contribution in [0.15, 0.2) is 272 Å². The molecule has 3 aromatic heterocycles. The van der Waals surface area contributed by atoms with Gasteiger partial charge in [-0.05, 0) is 179 Å². The van der Waals surface area contributed by atoms with Crippen LogP contribution in [0, 0.1) is 0 Å². The number of nitrogens with zero attached hydrogens (tertiary/aromatic N) is 2. The van der Waals surface area contributed by atoms with E-state index in [-0.39, 0.29) is 0 Å². The lowest BCUT2D eigenvalue weighted by Gasteiger charge is -2.18. The molecule has 16 aromatic rings. The number of fused-ring (bicyclic) bond motifs is 11. The minimum Gasteiger partial charge on any atom is -0.456 e. The summed E-state index contributed by atoms with van der Waals surface area (Å²) in [6.45, 7) is 6.55. The van der Waals surface area contributed by atoms with Crippen LogP contribution in [0.4, 0.5) is 0 Å². The van der Waals surface area contributed by atoms with Crippen molar-refractivity contribution in [2.24, 2.45) is 0 Å². The molecule has 3 nitrogen and oxygen atoms in total. The van der Waals surface area contributed by atoms with E-state index in [9.17, 15) is 0 Å². The van der Waals surface area contributed by atoms with Crippen LogP contribution in [0.2, 0.25) is 0 Å². The van der Waals surface area contributed by atoms with Gasteiger partial charge in [0.25, 0.3) is 0 Å². The zero-order chi connectivity index (χ0) is 53.0. The molecule has 13 aromatic carbocycles. The Morgan fingerprint density at radius 2 is 0.688 bits per heavy atom. The largest absolute Gasteiger partial charge is 0.456 e. The van der Waals surface area contributed by atoms with Crippen molar-refractivity contribution in [2.75, 3.05) is 0 Å². The van der Waals surface area contributed by atoms with Crippen molar-refractivity contribution in [3.05, 3.63) is 284 Å². The van der Waals surface area contributed by atoms with Gasteiger partial charge in [0.1, 0.15) is 11.3 Å². The fraction of sp³-hybridized carbons (Fsp3) is 0.0130. The zero-order valence-corrected chi connectivity index (χ0v) is 44.0. The average Bonchev–Trinajstić information content (AvgIpc) is 4.32. The summed E-state index contributed by atoms with van der Waals surface area (Å²) in [5.74, 6) is 0.749. The minimum absolute atomic E-state index is 0.749. The van der Waals surface area contributed by atoms with Gasteiger partial charge in [0.15, 0.2) is 0 Å². The van der Waals surface area contributed by atoms with E-state index >= 15 is 0 Å². The first-order valence-electron chi connectivity index (χ1n) is 27.5. The maximum Gasteiger partial charge on any atom is 0.136 e. The summed E-state index contributed by atoms with van der Waals surface area (Å²) in [5.41, 5.74) is 18.4. The summed E-state index contributed by atoms with van der Waals surface area (Å²) in [7, 11) is 0. The number of furan rings is 1. The Labute approximate surface area is 462 Å². The molecule has 0 radical (unpaired) electrons. The van der Waals surface area contributed by atoms with E-state index in [0.717, 1.165) is 44.8 Å². The highest BCUT2D eigenvalue weighted by molar-refractivity contribution is 6.24. The fourth-order valence-corrected chi connectivity index (χ4v) is 13.5. The molecule has 0 saturated carbocycles. The molecule has 80 heavy (non-hydrogen) atoms. The first-order chi connectivity index (χ1) is 39.6. The third-order valence-corrected chi connectivity index (χ3v) is 16.8. The average molecular weight is 1020 g/mol. The standard InChI is InChI=1S/C77H50N2O/c1-3-72-67(44-48(2)74-57-28-10-12-30-59(57)75(60-31-13-11-29-58(60)74)49-39-42-70-65(45-49)54-26-18-20-36-68(54)78(70)52-22-6-4-7-23-52)56-41-38-51(47-73(56)80-72)77-63-34-16-14-32-61(63)76(62-33-15-17-35-64(62)77)50-40-43-71-66(46-50)55-27-19-21-37-69(55)79(71)53-24-8-5-9-25-53/h3-47H,1H2,2H3/b48-44+. The number of benzene rings is 13. The predicted molar refractivity (Wildman–Crippen MR) is 341 cm³/mol. The van der Waals surface area contributed by atoms with Crippen LogP contribution in [-0.4, -0.2) is 9.13 Å². The molecule has 0 amide bonds. The second kappa shape index (κ2) is 18.1. The lowest BCUT2D eigenvalue weighted by Crippen LogP contribution is -1.94. The van der Waals surface area contributed by atoms with E-state index < -0.39 is 0 Å². The van der Waals surface area contributed by atoms with Crippen LogP contribution < -0.4 is 0 Å². The van der Waals surface area contributed by atoms with Crippen molar-refractivity contribution in [3.8, 4) is 44.8 Å². The van der Waals surface area contributed by atoms with Crippen molar-refractivity contribution >= 4 is 115 Å². The molecule has 16 rings (SSSR count). The third kappa shape index (κ3) is 6.87. The fourth-order valence-electron chi connectivity index (χ4n) is 13.5. The van der Waals surface area contributed by atoms with Gasteiger partial charge in [0.05, 0.1) is 22.1 Å². The molecule has 0 unspecified atom stereocenters. The van der Waals surface area contributed by atoms with Crippen LogP contribution in [0.1, 0.15) is 23.8 Å². The van der Waals surface area contributed by atoms with Crippen molar-refractivity contribution < 1.29 is 4.42 Å². The number of hydrogen-bond acceptors (Lipinski definition) is 1. The van der Waals surface area contributed by atoms with Crippen molar-refractivity contribution in [1.29, 1.82) is 0 Å². The first kappa shape index (κ1) is 45.7. The molecule has 0 atom stereocenters. The summed E-state index contributed by atoms with van der Waals surface area (Å²) < 4.78 is 11.6. The quantitative estimate of drug-likeness (QED) is 0.139. The molecule has 0 aliphatic carbocycles. The first-order valence-corrected chi connectivity index (χ1v) is 27.5. The smallest absolute Gasteiger partial charge is 0.136 e. The molecule has 0 N–H and O–H groups in total. The number of hydrogen-bond donors (Lipinski definition) is 0. The topological polar surface area (TPSA) is 23.0 Å². The Morgan fingerprint density at radius 3 is 1.12 bits per heavy atom. The van der Waals surface area contributed by atoms with Crippen molar-refractivity contribution in [2.45, 2.75) is 6.92 Å². The number of para-hydroxylation sites is 4. The van der Waals surface area contributed by atoms with Gasteiger partial charge in [-0.25, -0.2) is 0 Å². The molecular weight excluding hydrogens is 969 g/mol. The van der Waals surface area contributed by atoms with E-state index in [1.54, 1.807) is 0 Å². The maximum absolute atomic E-state index is 6.86. The van der Waals surface area contributed by atoms with Crippen LogP contribution in [-0.2, 0) is 0 Å². The Morgan fingerprint density at radius 1 is 0.338 bits per heavy atom. The predicted octanol–water partition coefficient (Wildman–Crippen LogP) is 21.4. The molecule has 3 heterocycles. The van der Waals surface area contributed by atoms with Gasteiger partial charge < -0.3 is 13.6 Å². The van der Waals surface area contributed by atoms with Crippen LogP contribution >= 0.6 is 0 Å². The minimum atomic E-state index is 0.749. The summed E-state index contributed by atoms with van der Waals surface area (Å²) in [6, 6.07) is 95.3. The molecule has 374 valence electrons.